The van der Waals surface area contributed by atoms with Crippen LogP contribution in [-0.4, -0.2) is 11.5 Å². The van der Waals surface area contributed by atoms with Crippen LogP contribution in [0.5, 0.6) is 0 Å². The van der Waals surface area contributed by atoms with E-state index in [9.17, 15) is 4.39 Å². The van der Waals surface area contributed by atoms with Crippen LogP contribution in [0.15, 0.2) is 24.4 Å². The van der Waals surface area contributed by atoms with Gasteiger partial charge in [0.1, 0.15) is 5.82 Å². The van der Waals surface area contributed by atoms with Crippen molar-refractivity contribution >= 4 is 28.6 Å². The Balaban J connectivity index is 1.86. The van der Waals surface area contributed by atoms with Crippen molar-refractivity contribution in [1.29, 1.82) is 0 Å². The SMILES string of the molecule is Fc1ccc2c(c1)N(Cc1cnc(Cl)s1)CC2. The van der Waals surface area contributed by atoms with Gasteiger partial charge in [0, 0.05) is 23.3 Å². The minimum Gasteiger partial charge on any atom is -0.366 e. The molecule has 0 saturated heterocycles. The van der Waals surface area contributed by atoms with E-state index in [1.807, 2.05) is 6.07 Å². The van der Waals surface area contributed by atoms with Crippen molar-refractivity contribution in [3.63, 3.8) is 0 Å². The molecule has 0 bridgehead atoms. The molecule has 1 aromatic carbocycles. The first-order chi connectivity index (χ1) is 8.22. The van der Waals surface area contributed by atoms with Crippen LogP contribution in [0, 0.1) is 5.82 Å². The second-order valence-electron chi connectivity index (χ2n) is 4.02. The largest absolute Gasteiger partial charge is 0.366 e. The Morgan fingerprint density at radius 3 is 3.12 bits per heavy atom. The van der Waals surface area contributed by atoms with E-state index >= 15 is 0 Å². The molecule has 0 N–H and O–H groups in total. The van der Waals surface area contributed by atoms with E-state index in [-0.39, 0.29) is 5.82 Å². The normalized spacial score (nSPS) is 14.1. The first-order valence-electron chi connectivity index (χ1n) is 5.36. The summed E-state index contributed by atoms with van der Waals surface area (Å²) in [5, 5.41) is 0. The Bertz CT molecular complexity index is 555. The number of rotatable bonds is 2. The molecule has 0 fully saturated rings. The molecule has 0 aliphatic carbocycles. The van der Waals surface area contributed by atoms with Crippen molar-refractivity contribution in [1.82, 2.24) is 4.98 Å². The van der Waals surface area contributed by atoms with Gasteiger partial charge >= 0.3 is 0 Å². The highest BCUT2D eigenvalue weighted by molar-refractivity contribution is 7.15. The van der Waals surface area contributed by atoms with E-state index in [0.717, 1.165) is 30.1 Å². The van der Waals surface area contributed by atoms with Crippen LogP contribution < -0.4 is 4.90 Å². The fraction of sp³-hybridized carbons (Fsp3) is 0.250. The molecule has 0 atom stereocenters. The molecule has 17 heavy (non-hydrogen) atoms. The predicted molar refractivity (Wildman–Crippen MR) is 68.3 cm³/mol. The van der Waals surface area contributed by atoms with Crippen LogP contribution in [-0.2, 0) is 13.0 Å². The third-order valence-electron chi connectivity index (χ3n) is 2.91. The van der Waals surface area contributed by atoms with Crippen LogP contribution in [0.25, 0.3) is 0 Å². The Morgan fingerprint density at radius 2 is 2.35 bits per heavy atom. The van der Waals surface area contributed by atoms with E-state index in [2.05, 4.69) is 9.88 Å². The number of hydrogen-bond donors (Lipinski definition) is 0. The fourth-order valence-electron chi connectivity index (χ4n) is 2.13. The third kappa shape index (κ3) is 2.15. The van der Waals surface area contributed by atoms with Gasteiger partial charge in [-0.15, -0.1) is 11.3 Å². The minimum atomic E-state index is -0.182. The van der Waals surface area contributed by atoms with Crippen molar-refractivity contribution in [3.05, 3.63) is 45.1 Å². The molecule has 0 spiro atoms. The van der Waals surface area contributed by atoms with Crippen LogP contribution >= 0.6 is 22.9 Å². The first kappa shape index (κ1) is 11.0. The molecule has 2 aromatic rings. The molecule has 1 aliphatic rings. The molecular formula is C12H10ClFN2S. The Labute approximate surface area is 108 Å². The number of benzene rings is 1. The van der Waals surface area contributed by atoms with Gasteiger partial charge in [-0.05, 0) is 24.1 Å². The summed E-state index contributed by atoms with van der Waals surface area (Å²) in [7, 11) is 0. The van der Waals surface area contributed by atoms with Crippen molar-refractivity contribution in [2.45, 2.75) is 13.0 Å². The van der Waals surface area contributed by atoms with E-state index in [1.165, 1.54) is 23.0 Å². The number of hydrogen-bond acceptors (Lipinski definition) is 3. The molecule has 88 valence electrons. The van der Waals surface area contributed by atoms with E-state index in [0.29, 0.717) is 4.47 Å². The number of halogens is 2. The summed E-state index contributed by atoms with van der Waals surface area (Å²) in [6, 6.07) is 4.99. The average molecular weight is 269 g/mol. The summed E-state index contributed by atoms with van der Waals surface area (Å²) < 4.78 is 13.8. The highest BCUT2D eigenvalue weighted by Gasteiger charge is 2.20. The van der Waals surface area contributed by atoms with Gasteiger partial charge < -0.3 is 4.90 Å². The molecular weight excluding hydrogens is 259 g/mol. The van der Waals surface area contributed by atoms with E-state index in [4.69, 9.17) is 11.6 Å². The minimum absolute atomic E-state index is 0.182. The summed E-state index contributed by atoms with van der Waals surface area (Å²) >= 11 is 7.27. The van der Waals surface area contributed by atoms with Gasteiger partial charge in [-0.25, -0.2) is 9.37 Å². The molecule has 0 saturated carbocycles. The van der Waals surface area contributed by atoms with Gasteiger partial charge in [-0.3, -0.25) is 0 Å². The molecule has 3 rings (SSSR count). The lowest BCUT2D eigenvalue weighted by Crippen LogP contribution is -2.18. The standard InChI is InChI=1S/C12H10ClFN2S/c13-12-15-6-10(17-12)7-16-4-3-8-1-2-9(14)5-11(8)16/h1-2,5-6H,3-4,7H2. The van der Waals surface area contributed by atoms with Crippen molar-refractivity contribution in [3.8, 4) is 0 Å². The lowest BCUT2D eigenvalue weighted by atomic mass is 10.2. The van der Waals surface area contributed by atoms with Gasteiger partial charge in [0.25, 0.3) is 0 Å². The van der Waals surface area contributed by atoms with Crippen molar-refractivity contribution < 1.29 is 4.39 Å². The predicted octanol–water partition coefficient (Wildman–Crippen LogP) is 3.50. The van der Waals surface area contributed by atoms with Gasteiger partial charge in [-0.2, -0.15) is 0 Å². The zero-order valence-electron chi connectivity index (χ0n) is 8.99. The summed E-state index contributed by atoms with van der Waals surface area (Å²) in [5.74, 6) is -0.182. The molecule has 1 aliphatic heterocycles. The smallest absolute Gasteiger partial charge is 0.183 e. The Morgan fingerprint density at radius 1 is 1.47 bits per heavy atom. The van der Waals surface area contributed by atoms with Crippen molar-refractivity contribution in [2.75, 3.05) is 11.4 Å². The number of anilines is 1. The fourth-order valence-corrected chi connectivity index (χ4v) is 3.12. The van der Waals surface area contributed by atoms with Crippen LogP contribution in [0.2, 0.25) is 4.47 Å². The Hall–Kier alpha value is -1.13. The molecule has 0 amide bonds. The van der Waals surface area contributed by atoms with E-state index < -0.39 is 0 Å². The molecule has 2 heterocycles. The zero-order chi connectivity index (χ0) is 11.8. The maximum atomic E-state index is 13.2. The highest BCUT2D eigenvalue weighted by atomic mass is 35.5. The zero-order valence-corrected chi connectivity index (χ0v) is 10.6. The molecule has 5 heteroatoms. The summed E-state index contributed by atoms with van der Waals surface area (Å²) in [6.45, 7) is 1.68. The second kappa shape index (κ2) is 4.27. The highest BCUT2D eigenvalue weighted by Crippen LogP contribution is 2.31. The maximum Gasteiger partial charge on any atom is 0.183 e. The molecule has 2 nitrogen and oxygen atoms in total. The number of thiazole rings is 1. The van der Waals surface area contributed by atoms with Gasteiger partial charge in [0.2, 0.25) is 0 Å². The van der Waals surface area contributed by atoms with Crippen molar-refractivity contribution in [2.24, 2.45) is 0 Å². The van der Waals surface area contributed by atoms with Crippen LogP contribution in [0.3, 0.4) is 0 Å². The lowest BCUT2D eigenvalue weighted by Gasteiger charge is -2.18. The second-order valence-corrected chi connectivity index (χ2v) is 5.72. The Kier molecular flexibility index (Phi) is 2.76. The molecule has 1 aromatic heterocycles. The molecule has 0 radical (unpaired) electrons. The molecule has 0 unspecified atom stereocenters. The average Bonchev–Trinajstić information content (AvgIpc) is 2.87. The van der Waals surface area contributed by atoms with Crippen LogP contribution in [0.1, 0.15) is 10.4 Å². The van der Waals surface area contributed by atoms with Gasteiger partial charge in [-0.1, -0.05) is 17.7 Å². The summed E-state index contributed by atoms with van der Waals surface area (Å²) in [6.07, 6.45) is 2.76. The quantitative estimate of drug-likeness (QED) is 0.829. The number of nitrogens with zero attached hydrogens (tertiary/aromatic N) is 2. The third-order valence-corrected chi connectivity index (χ3v) is 4.01. The number of aromatic nitrogens is 1. The lowest BCUT2D eigenvalue weighted by molar-refractivity contribution is 0.627. The topological polar surface area (TPSA) is 16.1 Å². The maximum absolute atomic E-state index is 13.2. The number of fused-ring (bicyclic) bond motifs is 1. The van der Waals surface area contributed by atoms with Gasteiger partial charge in [0.15, 0.2) is 4.47 Å². The van der Waals surface area contributed by atoms with E-state index in [1.54, 1.807) is 12.3 Å². The summed E-state index contributed by atoms with van der Waals surface area (Å²) in [5.41, 5.74) is 2.21. The van der Waals surface area contributed by atoms with Crippen LogP contribution in [0.4, 0.5) is 10.1 Å². The first-order valence-corrected chi connectivity index (χ1v) is 6.55. The summed E-state index contributed by atoms with van der Waals surface area (Å²) in [4.78, 5) is 7.29. The monoisotopic (exact) mass is 268 g/mol. The van der Waals surface area contributed by atoms with Gasteiger partial charge in [0.05, 0.1) is 6.54 Å².